The van der Waals surface area contributed by atoms with E-state index in [4.69, 9.17) is 4.74 Å². The van der Waals surface area contributed by atoms with Gasteiger partial charge in [0.15, 0.2) is 0 Å². The van der Waals surface area contributed by atoms with Crippen molar-refractivity contribution in [1.29, 1.82) is 0 Å². The molecule has 0 heterocycles. The third-order valence-electron chi connectivity index (χ3n) is 3.20. The lowest BCUT2D eigenvalue weighted by atomic mass is 10.2. The highest BCUT2D eigenvalue weighted by Gasteiger charge is 2.23. The molecule has 2 nitrogen and oxygen atoms in total. The van der Waals surface area contributed by atoms with E-state index in [2.05, 4.69) is 26.9 Å². The summed E-state index contributed by atoms with van der Waals surface area (Å²) in [5.74, 6) is 0.0732. The monoisotopic (exact) mass is 258 g/mol. The van der Waals surface area contributed by atoms with Gasteiger partial charge in [-0.05, 0) is 12.8 Å². The number of rotatable bonds is 10. The SMILES string of the molecule is CCCCCCCOC(=O)C(CCC)[SiH](C)C. The molecule has 0 amide bonds. The average molecular weight is 258 g/mol. The predicted octanol–water partition coefficient (Wildman–Crippen LogP) is 4.16. The molecule has 3 heteroatoms. The minimum absolute atomic E-state index is 0.0732. The highest BCUT2D eigenvalue weighted by atomic mass is 28.3. The molecule has 0 N–H and O–H groups in total. The van der Waals surface area contributed by atoms with Crippen molar-refractivity contribution < 1.29 is 9.53 Å². The van der Waals surface area contributed by atoms with Gasteiger partial charge in [-0.3, -0.25) is 4.79 Å². The standard InChI is InChI=1S/C14H30O2Si/c1-5-7-8-9-10-12-16-14(15)13(11-6-2)17(3)4/h13,17H,5-12H2,1-4H3. The van der Waals surface area contributed by atoms with Gasteiger partial charge in [-0.1, -0.05) is 59.0 Å². The highest BCUT2D eigenvalue weighted by molar-refractivity contribution is 6.61. The van der Waals surface area contributed by atoms with E-state index in [9.17, 15) is 4.79 Å². The fraction of sp³-hybridized carbons (Fsp3) is 0.929. The molecule has 0 aromatic rings. The molecule has 1 unspecified atom stereocenters. The van der Waals surface area contributed by atoms with Crippen LogP contribution < -0.4 is 0 Å². The van der Waals surface area contributed by atoms with Crippen molar-refractivity contribution in [3.8, 4) is 0 Å². The van der Waals surface area contributed by atoms with Crippen molar-refractivity contribution >= 4 is 14.8 Å². The Morgan fingerprint density at radius 2 is 1.71 bits per heavy atom. The molecule has 0 spiro atoms. The van der Waals surface area contributed by atoms with E-state index < -0.39 is 8.80 Å². The van der Waals surface area contributed by atoms with Crippen LogP contribution in [-0.4, -0.2) is 21.4 Å². The summed E-state index contributed by atoms with van der Waals surface area (Å²) in [4.78, 5) is 11.9. The minimum Gasteiger partial charge on any atom is -0.466 e. The van der Waals surface area contributed by atoms with Crippen LogP contribution in [0.25, 0.3) is 0 Å². The van der Waals surface area contributed by atoms with Gasteiger partial charge in [-0.15, -0.1) is 0 Å². The fourth-order valence-corrected chi connectivity index (χ4v) is 3.66. The van der Waals surface area contributed by atoms with Crippen LogP contribution in [0.2, 0.25) is 18.6 Å². The first-order valence-corrected chi connectivity index (χ1v) is 10.3. The maximum absolute atomic E-state index is 11.9. The van der Waals surface area contributed by atoms with Gasteiger partial charge in [0.25, 0.3) is 0 Å². The lowest BCUT2D eigenvalue weighted by molar-refractivity contribution is -0.143. The summed E-state index contributed by atoms with van der Waals surface area (Å²) >= 11 is 0. The Morgan fingerprint density at radius 3 is 2.24 bits per heavy atom. The van der Waals surface area contributed by atoms with Gasteiger partial charge in [-0.2, -0.15) is 0 Å². The maximum atomic E-state index is 11.9. The second kappa shape index (κ2) is 10.8. The van der Waals surface area contributed by atoms with Crippen LogP contribution in [0.1, 0.15) is 58.8 Å². The molecule has 0 radical (unpaired) electrons. The van der Waals surface area contributed by atoms with E-state index in [0.29, 0.717) is 6.61 Å². The number of ether oxygens (including phenoxy) is 1. The van der Waals surface area contributed by atoms with E-state index in [1.807, 2.05) is 0 Å². The molecule has 1 atom stereocenters. The number of hydrogen-bond acceptors (Lipinski definition) is 2. The Labute approximate surface area is 109 Å². The molecular weight excluding hydrogens is 228 g/mol. The van der Waals surface area contributed by atoms with Crippen LogP contribution in [0.5, 0.6) is 0 Å². The van der Waals surface area contributed by atoms with E-state index in [1.54, 1.807) is 0 Å². The molecule has 0 fully saturated rings. The number of esters is 1. The summed E-state index contributed by atoms with van der Waals surface area (Å²) in [6.45, 7) is 9.46. The topological polar surface area (TPSA) is 26.3 Å². The first kappa shape index (κ1) is 16.7. The van der Waals surface area contributed by atoms with Gasteiger partial charge >= 0.3 is 5.97 Å². The van der Waals surface area contributed by atoms with E-state index in [1.165, 1.54) is 25.7 Å². The van der Waals surface area contributed by atoms with E-state index in [0.717, 1.165) is 19.3 Å². The summed E-state index contributed by atoms with van der Waals surface area (Å²) < 4.78 is 5.39. The molecule has 0 saturated heterocycles. The highest BCUT2D eigenvalue weighted by Crippen LogP contribution is 2.19. The molecule has 0 aliphatic rings. The smallest absolute Gasteiger partial charge is 0.305 e. The largest absolute Gasteiger partial charge is 0.466 e. The molecule has 0 aliphatic carbocycles. The summed E-state index contributed by atoms with van der Waals surface area (Å²) in [5.41, 5.74) is 0.232. The van der Waals surface area contributed by atoms with Crippen molar-refractivity contribution in [2.75, 3.05) is 6.61 Å². The fourth-order valence-electron chi connectivity index (χ4n) is 2.02. The molecule has 0 aromatic carbocycles. The zero-order valence-electron chi connectivity index (χ0n) is 12.1. The third kappa shape index (κ3) is 8.42. The summed E-state index contributed by atoms with van der Waals surface area (Å²) in [5, 5.41) is 0. The van der Waals surface area contributed by atoms with Gasteiger partial charge in [0.2, 0.25) is 0 Å². The Morgan fingerprint density at radius 1 is 1.06 bits per heavy atom. The van der Waals surface area contributed by atoms with Crippen LogP contribution >= 0.6 is 0 Å². The maximum Gasteiger partial charge on any atom is 0.305 e. The van der Waals surface area contributed by atoms with Gasteiger partial charge in [-0.25, -0.2) is 0 Å². The Hall–Kier alpha value is -0.313. The Kier molecular flexibility index (Phi) is 10.6. The van der Waals surface area contributed by atoms with Crippen molar-refractivity contribution in [3.63, 3.8) is 0 Å². The van der Waals surface area contributed by atoms with Crippen molar-refractivity contribution in [3.05, 3.63) is 0 Å². The predicted molar refractivity (Wildman–Crippen MR) is 77.3 cm³/mol. The quantitative estimate of drug-likeness (QED) is 0.334. The Bertz CT molecular complexity index is 193. The lowest BCUT2D eigenvalue weighted by Gasteiger charge is -2.17. The van der Waals surface area contributed by atoms with Crippen molar-refractivity contribution in [2.24, 2.45) is 0 Å². The number of carbonyl (C=O) groups excluding carboxylic acids is 1. The first-order valence-electron chi connectivity index (χ1n) is 7.30. The second-order valence-corrected chi connectivity index (χ2v) is 8.51. The molecule has 0 saturated carbocycles. The van der Waals surface area contributed by atoms with Gasteiger partial charge in [0, 0.05) is 14.3 Å². The third-order valence-corrected chi connectivity index (χ3v) is 5.41. The second-order valence-electron chi connectivity index (χ2n) is 5.22. The van der Waals surface area contributed by atoms with Crippen LogP contribution in [0.15, 0.2) is 0 Å². The minimum atomic E-state index is -0.906. The zero-order valence-corrected chi connectivity index (χ0v) is 13.3. The van der Waals surface area contributed by atoms with Crippen molar-refractivity contribution in [1.82, 2.24) is 0 Å². The van der Waals surface area contributed by atoms with Crippen LogP contribution in [0.4, 0.5) is 0 Å². The summed E-state index contributed by atoms with van der Waals surface area (Å²) in [7, 11) is -0.906. The van der Waals surface area contributed by atoms with Gasteiger partial charge in [0.1, 0.15) is 0 Å². The van der Waals surface area contributed by atoms with Gasteiger partial charge in [0.05, 0.1) is 6.61 Å². The number of unbranched alkanes of at least 4 members (excludes halogenated alkanes) is 4. The normalized spacial score (nSPS) is 12.8. The zero-order chi connectivity index (χ0) is 13.1. The number of carbonyl (C=O) groups is 1. The summed E-state index contributed by atoms with van der Waals surface area (Å²) in [6, 6.07) is 0. The van der Waals surface area contributed by atoms with Gasteiger partial charge < -0.3 is 4.74 Å². The van der Waals surface area contributed by atoms with E-state index in [-0.39, 0.29) is 11.5 Å². The Balaban J connectivity index is 3.67. The van der Waals surface area contributed by atoms with Crippen molar-refractivity contribution in [2.45, 2.75) is 77.4 Å². The average Bonchev–Trinajstić information content (AvgIpc) is 2.29. The molecule has 0 bridgehead atoms. The van der Waals surface area contributed by atoms with Crippen LogP contribution in [0.3, 0.4) is 0 Å². The van der Waals surface area contributed by atoms with Crippen LogP contribution in [-0.2, 0) is 9.53 Å². The van der Waals surface area contributed by atoms with E-state index >= 15 is 0 Å². The lowest BCUT2D eigenvalue weighted by Crippen LogP contribution is -2.23. The number of hydrogen-bond donors (Lipinski definition) is 0. The molecular formula is C14H30O2Si. The molecule has 17 heavy (non-hydrogen) atoms. The molecule has 0 rings (SSSR count). The van der Waals surface area contributed by atoms with Crippen LogP contribution in [0, 0.1) is 0 Å². The molecule has 102 valence electrons. The molecule has 0 aromatic heterocycles. The summed E-state index contributed by atoms with van der Waals surface area (Å²) in [6.07, 6.45) is 8.15. The molecule has 0 aliphatic heterocycles. The first-order chi connectivity index (χ1) is 8.13.